The maximum absolute atomic E-state index is 12.7. The highest BCUT2D eigenvalue weighted by Crippen LogP contribution is 2.24. The van der Waals surface area contributed by atoms with Gasteiger partial charge >= 0.3 is 0 Å². The number of amides is 1. The van der Waals surface area contributed by atoms with Crippen LogP contribution in [0.25, 0.3) is 0 Å². The van der Waals surface area contributed by atoms with Gasteiger partial charge < -0.3 is 19.9 Å². The van der Waals surface area contributed by atoms with Gasteiger partial charge in [-0.05, 0) is 38.0 Å². The van der Waals surface area contributed by atoms with Crippen molar-refractivity contribution in [3.05, 3.63) is 42.1 Å². The largest absolute Gasteiger partial charge is 0.378 e. The van der Waals surface area contributed by atoms with Crippen molar-refractivity contribution in [3.63, 3.8) is 0 Å². The van der Waals surface area contributed by atoms with Crippen LogP contribution in [0.2, 0.25) is 0 Å². The van der Waals surface area contributed by atoms with Gasteiger partial charge in [-0.2, -0.15) is 4.98 Å². The van der Waals surface area contributed by atoms with Crippen molar-refractivity contribution in [1.82, 2.24) is 14.9 Å². The number of carbonyl (C=O) groups is 1. The van der Waals surface area contributed by atoms with Gasteiger partial charge in [0.25, 0.3) is 0 Å². The van der Waals surface area contributed by atoms with E-state index in [1.165, 1.54) is 5.56 Å². The second-order valence-electron chi connectivity index (χ2n) is 7.43. The van der Waals surface area contributed by atoms with E-state index in [-0.39, 0.29) is 11.8 Å². The molecule has 0 bridgehead atoms. The molecule has 2 aliphatic heterocycles. The first kappa shape index (κ1) is 18.7. The third-order valence-corrected chi connectivity index (χ3v) is 5.42. The number of rotatable bonds is 4. The Labute approximate surface area is 165 Å². The minimum Gasteiger partial charge on any atom is -0.378 e. The molecule has 1 amide bonds. The molecule has 3 heterocycles. The molecule has 28 heavy (non-hydrogen) atoms. The van der Waals surface area contributed by atoms with Gasteiger partial charge in [0.05, 0.1) is 13.2 Å². The number of nitrogens with zero attached hydrogens (tertiary/aromatic N) is 4. The molecular formula is C21H27N5O2. The molecule has 2 saturated heterocycles. The molecule has 2 fully saturated rings. The summed E-state index contributed by atoms with van der Waals surface area (Å²) in [5, 5.41) is 3.33. The number of nitrogens with one attached hydrogen (secondary N) is 1. The summed E-state index contributed by atoms with van der Waals surface area (Å²) in [6.07, 6.45) is 3.47. The zero-order chi connectivity index (χ0) is 19.3. The fraction of sp³-hybridized carbons (Fsp3) is 0.476. The monoisotopic (exact) mass is 381 g/mol. The molecule has 0 spiro atoms. The summed E-state index contributed by atoms with van der Waals surface area (Å²) < 4.78 is 5.35. The number of aromatic nitrogens is 2. The Kier molecular flexibility index (Phi) is 5.71. The molecule has 0 unspecified atom stereocenters. The number of ether oxygens (including phenoxy) is 1. The summed E-state index contributed by atoms with van der Waals surface area (Å²) in [5.41, 5.74) is 2.23. The Morgan fingerprint density at radius 1 is 1.07 bits per heavy atom. The third kappa shape index (κ3) is 4.42. The first-order valence-corrected chi connectivity index (χ1v) is 9.97. The summed E-state index contributed by atoms with van der Waals surface area (Å²) in [6, 6.07) is 10.1. The van der Waals surface area contributed by atoms with Crippen molar-refractivity contribution in [1.29, 1.82) is 0 Å². The van der Waals surface area contributed by atoms with E-state index in [4.69, 9.17) is 4.74 Å². The van der Waals surface area contributed by atoms with Crippen LogP contribution in [-0.4, -0.2) is 60.2 Å². The maximum atomic E-state index is 12.7. The Hall–Kier alpha value is -2.67. The Morgan fingerprint density at radius 3 is 2.50 bits per heavy atom. The van der Waals surface area contributed by atoms with Gasteiger partial charge in [-0.15, -0.1) is 0 Å². The van der Waals surface area contributed by atoms with E-state index >= 15 is 0 Å². The molecule has 1 aromatic heterocycles. The molecule has 0 saturated carbocycles. The Balaban J connectivity index is 1.35. The summed E-state index contributed by atoms with van der Waals surface area (Å²) >= 11 is 0. The van der Waals surface area contributed by atoms with E-state index in [0.717, 1.165) is 56.5 Å². The molecule has 7 heteroatoms. The van der Waals surface area contributed by atoms with Crippen molar-refractivity contribution < 1.29 is 9.53 Å². The molecule has 2 aliphatic rings. The van der Waals surface area contributed by atoms with Crippen molar-refractivity contribution in [2.75, 3.05) is 49.6 Å². The predicted molar refractivity (Wildman–Crippen MR) is 109 cm³/mol. The van der Waals surface area contributed by atoms with E-state index in [0.29, 0.717) is 13.2 Å². The quantitative estimate of drug-likeness (QED) is 0.878. The van der Waals surface area contributed by atoms with Gasteiger partial charge in [0, 0.05) is 44.0 Å². The van der Waals surface area contributed by atoms with Crippen LogP contribution in [0.1, 0.15) is 18.4 Å². The number of hydrogen-bond acceptors (Lipinski definition) is 6. The van der Waals surface area contributed by atoms with Crippen LogP contribution in [0.5, 0.6) is 0 Å². The molecule has 4 rings (SSSR count). The number of morpholine rings is 1. The Bertz CT molecular complexity index is 797. The lowest BCUT2D eigenvalue weighted by atomic mass is 9.95. The van der Waals surface area contributed by atoms with E-state index in [9.17, 15) is 4.79 Å². The first-order chi connectivity index (χ1) is 13.7. The second-order valence-corrected chi connectivity index (χ2v) is 7.43. The third-order valence-electron chi connectivity index (χ3n) is 5.42. The van der Waals surface area contributed by atoms with Crippen LogP contribution in [0, 0.1) is 12.8 Å². The zero-order valence-electron chi connectivity index (χ0n) is 16.3. The molecule has 2 aromatic rings. The molecule has 0 atom stereocenters. The molecule has 7 nitrogen and oxygen atoms in total. The molecule has 1 aromatic carbocycles. The summed E-state index contributed by atoms with van der Waals surface area (Å²) in [6.45, 7) is 6.41. The molecule has 1 N–H and O–H groups in total. The fourth-order valence-electron chi connectivity index (χ4n) is 3.72. The number of piperidine rings is 1. The van der Waals surface area contributed by atoms with Crippen LogP contribution in [0.4, 0.5) is 17.5 Å². The van der Waals surface area contributed by atoms with Gasteiger partial charge in [0.15, 0.2) is 0 Å². The minimum atomic E-state index is 0.100. The molecule has 0 aliphatic carbocycles. The summed E-state index contributed by atoms with van der Waals surface area (Å²) in [7, 11) is 0. The molecular weight excluding hydrogens is 354 g/mol. The molecule has 148 valence electrons. The van der Waals surface area contributed by atoms with E-state index in [2.05, 4.69) is 39.2 Å². The first-order valence-electron chi connectivity index (χ1n) is 9.97. The average Bonchev–Trinajstić information content (AvgIpc) is 2.76. The maximum Gasteiger partial charge on any atom is 0.227 e. The number of anilines is 3. The van der Waals surface area contributed by atoms with Crippen LogP contribution >= 0.6 is 0 Å². The van der Waals surface area contributed by atoms with Crippen molar-refractivity contribution in [3.8, 4) is 0 Å². The lowest BCUT2D eigenvalue weighted by Gasteiger charge is -2.35. The van der Waals surface area contributed by atoms with Gasteiger partial charge in [0.1, 0.15) is 5.82 Å². The SMILES string of the molecule is Cc1ccc(Nc2ccnc(N3CCC(C(=O)N4CCOCC4)CC3)n2)cc1. The normalized spacial score (nSPS) is 18.2. The van der Waals surface area contributed by atoms with E-state index in [1.807, 2.05) is 23.1 Å². The topological polar surface area (TPSA) is 70.6 Å². The highest BCUT2D eigenvalue weighted by molar-refractivity contribution is 5.79. The lowest BCUT2D eigenvalue weighted by Crippen LogP contribution is -2.47. The number of aryl methyl sites for hydroxylation is 1. The molecule has 0 radical (unpaired) electrons. The van der Waals surface area contributed by atoms with Crippen molar-refractivity contribution in [2.45, 2.75) is 19.8 Å². The highest BCUT2D eigenvalue weighted by Gasteiger charge is 2.30. The number of carbonyl (C=O) groups excluding carboxylic acids is 1. The van der Waals surface area contributed by atoms with E-state index in [1.54, 1.807) is 6.20 Å². The zero-order valence-corrected chi connectivity index (χ0v) is 16.3. The van der Waals surface area contributed by atoms with Crippen molar-refractivity contribution >= 4 is 23.4 Å². The number of benzene rings is 1. The van der Waals surface area contributed by atoms with Crippen LogP contribution < -0.4 is 10.2 Å². The average molecular weight is 381 g/mol. The summed E-state index contributed by atoms with van der Waals surface area (Å²) in [4.78, 5) is 25.9. The van der Waals surface area contributed by atoms with E-state index < -0.39 is 0 Å². The van der Waals surface area contributed by atoms with Gasteiger partial charge in [0.2, 0.25) is 11.9 Å². The second kappa shape index (κ2) is 8.56. The van der Waals surface area contributed by atoms with Crippen LogP contribution in [-0.2, 0) is 9.53 Å². The summed E-state index contributed by atoms with van der Waals surface area (Å²) in [5.74, 6) is 1.87. The predicted octanol–water partition coefficient (Wildman–Crippen LogP) is 2.60. The van der Waals surface area contributed by atoms with Gasteiger partial charge in [-0.25, -0.2) is 4.98 Å². The van der Waals surface area contributed by atoms with Crippen LogP contribution in [0.3, 0.4) is 0 Å². The fourth-order valence-corrected chi connectivity index (χ4v) is 3.72. The highest BCUT2D eigenvalue weighted by atomic mass is 16.5. The van der Waals surface area contributed by atoms with Gasteiger partial charge in [-0.3, -0.25) is 4.79 Å². The van der Waals surface area contributed by atoms with Crippen LogP contribution in [0.15, 0.2) is 36.5 Å². The standard InChI is InChI=1S/C21H27N5O2/c1-16-2-4-18(5-3-16)23-19-6-9-22-21(24-19)26-10-7-17(8-11-26)20(27)25-12-14-28-15-13-25/h2-6,9,17H,7-8,10-15H2,1H3,(H,22,23,24). The minimum absolute atomic E-state index is 0.100. The Morgan fingerprint density at radius 2 is 1.79 bits per heavy atom. The smallest absolute Gasteiger partial charge is 0.227 e. The lowest BCUT2D eigenvalue weighted by molar-refractivity contribution is -0.140. The number of hydrogen-bond donors (Lipinski definition) is 1. The van der Waals surface area contributed by atoms with Crippen molar-refractivity contribution in [2.24, 2.45) is 5.92 Å². The van der Waals surface area contributed by atoms with Gasteiger partial charge in [-0.1, -0.05) is 17.7 Å².